The number of hydrogen-bond donors (Lipinski definition) is 0. The fourth-order valence-corrected chi connectivity index (χ4v) is 7.95. The molecule has 1 heterocycles. The maximum Gasteiger partial charge on any atom is 0.0541 e. The Morgan fingerprint density at radius 1 is 0.429 bits per heavy atom. The predicted octanol–water partition coefficient (Wildman–Crippen LogP) is 13.9. The zero-order chi connectivity index (χ0) is 33.8. The summed E-state index contributed by atoms with van der Waals surface area (Å²) >= 11 is 0. The second kappa shape index (κ2) is 10.7. The van der Waals surface area contributed by atoms with Gasteiger partial charge in [-0.05, 0) is 156 Å². The van der Waals surface area contributed by atoms with Gasteiger partial charge in [-0.3, -0.25) is 0 Å². The number of hydrogen-bond acceptors (Lipinski definition) is 0. The van der Waals surface area contributed by atoms with Gasteiger partial charge in [0.25, 0.3) is 0 Å². The molecule has 0 radical (unpaired) electrons. The lowest BCUT2D eigenvalue weighted by atomic mass is 9.77. The van der Waals surface area contributed by atoms with E-state index >= 15 is 0 Å². The Kier molecular flexibility index (Phi) is 6.53. The van der Waals surface area contributed by atoms with Crippen molar-refractivity contribution in [3.8, 4) is 39.1 Å². The molecule has 1 heteroatoms. The Morgan fingerprint density at radius 2 is 0.898 bits per heavy atom. The maximum absolute atomic E-state index is 2.47. The van der Waals surface area contributed by atoms with E-state index in [9.17, 15) is 0 Å². The van der Waals surface area contributed by atoms with Crippen LogP contribution in [-0.2, 0) is 5.41 Å². The van der Waals surface area contributed by atoms with Crippen LogP contribution in [-0.4, -0.2) is 4.57 Å². The molecule has 1 aliphatic carbocycles. The monoisotopic (exact) mass is 633 g/mol. The molecule has 49 heavy (non-hydrogen) atoms. The van der Waals surface area contributed by atoms with E-state index in [4.69, 9.17) is 0 Å². The van der Waals surface area contributed by atoms with Crippen LogP contribution in [0.5, 0.6) is 0 Å². The van der Waals surface area contributed by atoms with E-state index in [2.05, 4.69) is 174 Å². The zero-order valence-electron chi connectivity index (χ0n) is 29.6. The number of fused-ring (bicyclic) bond motifs is 9. The van der Waals surface area contributed by atoms with Crippen LogP contribution in [0.2, 0.25) is 0 Å². The van der Waals surface area contributed by atoms with Gasteiger partial charge in [-0.25, -0.2) is 0 Å². The first-order valence-electron chi connectivity index (χ1n) is 17.9. The summed E-state index contributed by atoms with van der Waals surface area (Å²) in [6.45, 7) is 15.9. The second-order valence-corrected chi connectivity index (χ2v) is 15.9. The van der Waals surface area contributed by atoms with E-state index in [0.29, 0.717) is 11.8 Å². The first-order valence-corrected chi connectivity index (χ1v) is 17.9. The molecule has 0 atom stereocenters. The summed E-state index contributed by atoms with van der Waals surface area (Å²) in [6.07, 6.45) is 0. The smallest absolute Gasteiger partial charge is 0.0541 e. The molecule has 240 valence electrons. The van der Waals surface area contributed by atoms with Crippen LogP contribution in [0.1, 0.15) is 77.0 Å². The van der Waals surface area contributed by atoms with Gasteiger partial charge in [0.15, 0.2) is 0 Å². The van der Waals surface area contributed by atoms with Crippen molar-refractivity contribution < 1.29 is 0 Å². The molecule has 7 aromatic carbocycles. The summed E-state index contributed by atoms with van der Waals surface area (Å²) in [5.74, 6) is 0.975. The molecule has 0 amide bonds. The molecule has 1 aliphatic rings. The Balaban J connectivity index is 1.14. The molecule has 0 saturated heterocycles. The predicted molar refractivity (Wildman–Crippen MR) is 213 cm³/mol. The van der Waals surface area contributed by atoms with Gasteiger partial charge in [0.1, 0.15) is 0 Å². The molecule has 0 unspecified atom stereocenters. The summed E-state index contributed by atoms with van der Waals surface area (Å²) < 4.78 is 2.47. The van der Waals surface area contributed by atoms with Crippen molar-refractivity contribution in [2.24, 2.45) is 0 Å². The first kappa shape index (κ1) is 30.0. The lowest BCUT2D eigenvalue weighted by Crippen LogP contribution is -2.10. The molecule has 0 spiro atoms. The van der Waals surface area contributed by atoms with E-state index in [-0.39, 0.29) is 5.41 Å². The highest BCUT2D eigenvalue weighted by atomic mass is 15.0. The summed E-state index contributed by atoms with van der Waals surface area (Å²) in [7, 11) is 0. The van der Waals surface area contributed by atoms with E-state index in [1.54, 1.807) is 0 Å². The van der Waals surface area contributed by atoms with Crippen LogP contribution in [0.15, 0.2) is 121 Å². The van der Waals surface area contributed by atoms with E-state index in [0.717, 1.165) is 0 Å². The van der Waals surface area contributed by atoms with Crippen molar-refractivity contribution in [2.75, 3.05) is 0 Å². The van der Waals surface area contributed by atoms with Crippen molar-refractivity contribution in [1.82, 2.24) is 4.57 Å². The van der Waals surface area contributed by atoms with E-state index < -0.39 is 0 Å². The van der Waals surface area contributed by atoms with Crippen LogP contribution >= 0.6 is 0 Å². The minimum atomic E-state index is 0.154. The van der Waals surface area contributed by atoms with Gasteiger partial charge in [-0.2, -0.15) is 0 Å². The second-order valence-electron chi connectivity index (χ2n) is 15.9. The molecule has 0 fully saturated rings. The zero-order valence-corrected chi connectivity index (χ0v) is 29.6. The van der Waals surface area contributed by atoms with Gasteiger partial charge >= 0.3 is 0 Å². The van der Waals surface area contributed by atoms with E-state index in [1.165, 1.54) is 99.1 Å². The van der Waals surface area contributed by atoms with Gasteiger partial charge in [-0.15, -0.1) is 0 Å². The molecular weight excluding hydrogens is 591 g/mol. The quantitative estimate of drug-likeness (QED) is 0.182. The third-order valence-corrected chi connectivity index (χ3v) is 11.0. The SMILES string of the molecule is CC(C)c1ccc2c(c1)c1cc(C(C)C)ccc1n2-c1ccc2cc3c(cc2c1)-c1cc2cc(-c4ccc(C(C)(C)C)cc4)ccc2cc1-3. The highest BCUT2D eigenvalue weighted by Crippen LogP contribution is 2.51. The minimum absolute atomic E-state index is 0.154. The molecule has 0 bridgehead atoms. The Morgan fingerprint density at radius 3 is 1.41 bits per heavy atom. The summed E-state index contributed by atoms with van der Waals surface area (Å²) in [5.41, 5.74) is 16.0. The molecule has 1 nitrogen and oxygen atoms in total. The van der Waals surface area contributed by atoms with Crippen molar-refractivity contribution in [3.63, 3.8) is 0 Å². The Bertz CT molecular complexity index is 2550. The van der Waals surface area contributed by atoms with Gasteiger partial charge in [0, 0.05) is 16.5 Å². The molecule has 0 N–H and O–H groups in total. The van der Waals surface area contributed by atoms with Crippen molar-refractivity contribution in [1.29, 1.82) is 0 Å². The van der Waals surface area contributed by atoms with Gasteiger partial charge in [0.2, 0.25) is 0 Å². The lowest BCUT2D eigenvalue weighted by molar-refractivity contribution is 0.590. The molecule has 9 rings (SSSR count). The lowest BCUT2D eigenvalue weighted by Gasteiger charge is -2.26. The maximum atomic E-state index is 2.47. The first-order chi connectivity index (χ1) is 23.5. The highest BCUT2D eigenvalue weighted by Gasteiger charge is 2.24. The number of aromatic nitrogens is 1. The van der Waals surface area contributed by atoms with Gasteiger partial charge in [-0.1, -0.05) is 103 Å². The molecule has 0 aliphatic heterocycles. The Hall–Kier alpha value is -5.14. The van der Waals surface area contributed by atoms with Crippen LogP contribution in [0, 0.1) is 0 Å². The van der Waals surface area contributed by atoms with E-state index in [1.807, 2.05) is 0 Å². The van der Waals surface area contributed by atoms with Crippen molar-refractivity contribution in [3.05, 3.63) is 138 Å². The fraction of sp³-hybridized carbons (Fsp3) is 0.208. The van der Waals surface area contributed by atoms with Crippen molar-refractivity contribution in [2.45, 2.75) is 65.7 Å². The average molecular weight is 634 g/mol. The number of nitrogens with zero attached hydrogens (tertiary/aromatic N) is 1. The van der Waals surface area contributed by atoms with Crippen LogP contribution in [0.25, 0.3) is 82.4 Å². The number of rotatable bonds is 4. The summed E-state index contributed by atoms with van der Waals surface area (Å²) in [4.78, 5) is 0. The topological polar surface area (TPSA) is 4.93 Å². The van der Waals surface area contributed by atoms with Gasteiger partial charge < -0.3 is 4.57 Å². The average Bonchev–Trinajstić information content (AvgIpc) is 3.42. The highest BCUT2D eigenvalue weighted by molar-refractivity contribution is 6.13. The van der Waals surface area contributed by atoms with Crippen molar-refractivity contribution >= 4 is 43.4 Å². The van der Waals surface area contributed by atoms with Crippen LogP contribution in [0.4, 0.5) is 0 Å². The van der Waals surface area contributed by atoms with Gasteiger partial charge in [0.05, 0.1) is 11.0 Å². The fourth-order valence-electron chi connectivity index (χ4n) is 7.95. The molecule has 8 aromatic rings. The Labute approximate surface area is 289 Å². The molecular formula is C48H43N. The summed E-state index contributed by atoms with van der Waals surface area (Å²) in [5, 5.41) is 7.83. The number of benzene rings is 7. The standard InChI is InChI=1S/C48H43N/c1-28(2)31-13-18-46-44(22-31)45-23-32(29(3)4)14-19-47(45)49(46)39-17-12-35-25-41-40-24-34-9-8-33(30-10-15-38(16-11-30)48(5,6)7)20-36(34)26-42(40)43(41)27-37(35)21-39/h8-29H,1-7H3. The third kappa shape index (κ3) is 4.74. The largest absolute Gasteiger partial charge is 0.309 e. The third-order valence-electron chi connectivity index (χ3n) is 11.0. The summed E-state index contributed by atoms with van der Waals surface area (Å²) in [6, 6.07) is 46.7. The molecule has 1 aromatic heterocycles. The molecule has 0 saturated carbocycles. The van der Waals surface area contributed by atoms with Crippen LogP contribution < -0.4 is 0 Å². The normalized spacial score (nSPS) is 12.8. The van der Waals surface area contributed by atoms with Crippen LogP contribution in [0.3, 0.4) is 0 Å². The minimum Gasteiger partial charge on any atom is -0.309 e.